The van der Waals surface area contributed by atoms with Gasteiger partial charge in [0.2, 0.25) is 0 Å². The van der Waals surface area contributed by atoms with E-state index in [0.717, 1.165) is 16.6 Å². The molecule has 0 aliphatic heterocycles. The molecule has 0 spiro atoms. The van der Waals surface area contributed by atoms with E-state index in [-0.39, 0.29) is 13.2 Å². The number of aromatic nitrogens is 1. The second kappa shape index (κ2) is 4.82. The summed E-state index contributed by atoms with van der Waals surface area (Å²) in [5.74, 6) is -0.401. The molecule has 2 aromatic rings. The van der Waals surface area contributed by atoms with E-state index in [9.17, 15) is 9.59 Å². The Balaban J connectivity index is 2.26. The first kappa shape index (κ1) is 11.4. The summed E-state index contributed by atoms with van der Waals surface area (Å²) in [6.45, 7) is 1.89. The minimum Gasteiger partial charge on any atom is -0.457 e. The van der Waals surface area contributed by atoms with Crippen LogP contribution in [0.2, 0.25) is 0 Å². The van der Waals surface area contributed by atoms with Crippen LogP contribution in [0.4, 0.5) is 0 Å². The maximum atomic E-state index is 11.5. The molecule has 1 aromatic heterocycles. The fraction of sp³-hybridized carbons (Fsp3) is 0.231. The van der Waals surface area contributed by atoms with Gasteiger partial charge in [-0.25, -0.2) is 0 Å². The van der Waals surface area contributed by atoms with E-state index in [2.05, 4.69) is 0 Å². The van der Waals surface area contributed by atoms with Crippen LogP contribution in [0.5, 0.6) is 0 Å². The highest BCUT2D eigenvalue weighted by atomic mass is 16.5. The van der Waals surface area contributed by atoms with E-state index < -0.39 is 5.97 Å². The van der Waals surface area contributed by atoms with Crippen molar-refractivity contribution in [1.29, 1.82) is 0 Å². The number of fused-ring (bicyclic) bond motifs is 1. The molecule has 4 nitrogen and oxygen atoms in total. The monoisotopic (exact) mass is 231 g/mol. The highest BCUT2D eigenvalue weighted by Crippen LogP contribution is 2.18. The van der Waals surface area contributed by atoms with Gasteiger partial charge >= 0.3 is 5.97 Å². The predicted octanol–water partition coefficient (Wildman–Crippen LogP) is 1.69. The van der Waals surface area contributed by atoms with Crippen LogP contribution >= 0.6 is 0 Å². The largest absolute Gasteiger partial charge is 0.457 e. The molecule has 0 atom stereocenters. The number of hydrogen-bond donors (Lipinski definition) is 0. The molecule has 0 fully saturated rings. The van der Waals surface area contributed by atoms with E-state index in [1.807, 2.05) is 41.8 Å². The number of carbonyl (C=O) groups is 2. The molecule has 0 amide bonds. The highest BCUT2D eigenvalue weighted by Gasteiger charge is 2.09. The molecule has 0 aliphatic carbocycles. The second-order valence-corrected chi connectivity index (χ2v) is 3.78. The average Bonchev–Trinajstić information content (AvgIpc) is 2.64. The Morgan fingerprint density at radius 1 is 1.41 bits per heavy atom. The predicted molar refractivity (Wildman–Crippen MR) is 63.7 cm³/mol. The summed E-state index contributed by atoms with van der Waals surface area (Å²) < 4.78 is 6.62. The number of esters is 1. The molecule has 4 heteroatoms. The molecule has 0 saturated carbocycles. The summed E-state index contributed by atoms with van der Waals surface area (Å²) in [6.07, 6.45) is 0.568. The third kappa shape index (κ3) is 2.36. The summed E-state index contributed by atoms with van der Waals surface area (Å²) in [5.41, 5.74) is 1.99. The number of para-hydroxylation sites is 1. The van der Waals surface area contributed by atoms with Crippen LogP contribution in [-0.2, 0) is 20.9 Å². The van der Waals surface area contributed by atoms with Crippen LogP contribution in [-0.4, -0.2) is 23.4 Å². The zero-order chi connectivity index (χ0) is 12.3. The quantitative estimate of drug-likeness (QED) is 0.594. The van der Waals surface area contributed by atoms with Gasteiger partial charge in [0.05, 0.1) is 0 Å². The van der Waals surface area contributed by atoms with E-state index in [1.54, 1.807) is 0 Å². The molecule has 0 saturated heterocycles. The fourth-order valence-electron chi connectivity index (χ4n) is 1.86. The lowest BCUT2D eigenvalue weighted by Crippen LogP contribution is -2.15. The summed E-state index contributed by atoms with van der Waals surface area (Å²) in [5, 5.41) is 1.09. The fourth-order valence-corrected chi connectivity index (χ4v) is 1.86. The Kier molecular flexibility index (Phi) is 3.23. The Morgan fingerprint density at radius 2 is 2.18 bits per heavy atom. The number of aryl methyl sites for hydroxylation is 1. The van der Waals surface area contributed by atoms with E-state index >= 15 is 0 Å². The second-order valence-electron chi connectivity index (χ2n) is 3.78. The van der Waals surface area contributed by atoms with Crippen LogP contribution in [0, 0.1) is 6.92 Å². The Morgan fingerprint density at radius 3 is 2.94 bits per heavy atom. The summed E-state index contributed by atoms with van der Waals surface area (Å²) in [6, 6.07) is 9.85. The van der Waals surface area contributed by atoms with E-state index in [4.69, 9.17) is 4.74 Å². The van der Waals surface area contributed by atoms with Gasteiger partial charge in [-0.15, -0.1) is 0 Å². The molecule has 0 radical (unpaired) electrons. The maximum Gasteiger partial charge on any atom is 0.326 e. The first-order valence-corrected chi connectivity index (χ1v) is 5.36. The van der Waals surface area contributed by atoms with Crippen LogP contribution in [0.1, 0.15) is 5.69 Å². The number of ether oxygens (including phenoxy) is 1. The smallest absolute Gasteiger partial charge is 0.326 e. The minimum absolute atomic E-state index is 0.132. The normalized spacial score (nSPS) is 10.4. The number of benzene rings is 1. The van der Waals surface area contributed by atoms with Crippen molar-refractivity contribution < 1.29 is 14.3 Å². The number of hydrogen-bond acceptors (Lipinski definition) is 3. The zero-order valence-corrected chi connectivity index (χ0v) is 9.55. The molecule has 88 valence electrons. The average molecular weight is 231 g/mol. The van der Waals surface area contributed by atoms with Gasteiger partial charge in [0.15, 0.2) is 6.29 Å². The van der Waals surface area contributed by atoms with Gasteiger partial charge in [-0.3, -0.25) is 9.59 Å². The molecule has 0 aliphatic rings. The third-order valence-electron chi connectivity index (χ3n) is 2.62. The summed E-state index contributed by atoms with van der Waals surface area (Å²) in [7, 11) is 0. The van der Waals surface area contributed by atoms with Gasteiger partial charge in [-0.1, -0.05) is 18.2 Å². The summed E-state index contributed by atoms with van der Waals surface area (Å²) >= 11 is 0. The van der Waals surface area contributed by atoms with Crippen LogP contribution in [0.25, 0.3) is 10.9 Å². The van der Waals surface area contributed by atoms with Crippen molar-refractivity contribution in [2.24, 2.45) is 0 Å². The summed E-state index contributed by atoms with van der Waals surface area (Å²) in [4.78, 5) is 21.6. The van der Waals surface area contributed by atoms with Gasteiger partial charge < -0.3 is 9.30 Å². The van der Waals surface area contributed by atoms with Gasteiger partial charge in [0.25, 0.3) is 0 Å². The van der Waals surface area contributed by atoms with Crippen molar-refractivity contribution in [3.8, 4) is 0 Å². The minimum atomic E-state index is -0.401. The first-order valence-electron chi connectivity index (χ1n) is 5.36. The molecule has 0 bridgehead atoms. The standard InChI is InChI=1S/C13H13NO3/c1-10-8-11-4-2-3-5-12(11)14(10)9-13(16)17-7-6-15/h2-6,8H,7,9H2,1H3. The molecule has 17 heavy (non-hydrogen) atoms. The number of nitrogens with zero attached hydrogens (tertiary/aromatic N) is 1. The Hall–Kier alpha value is -2.10. The van der Waals surface area contributed by atoms with Crippen LogP contribution in [0.15, 0.2) is 30.3 Å². The van der Waals surface area contributed by atoms with Crippen LogP contribution in [0.3, 0.4) is 0 Å². The molecule has 0 N–H and O–H groups in total. The Bertz CT molecular complexity index is 557. The SMILES string of the molecule is Cc1cc2ccccc2n1CC(=O)OCC=O. The van der Waals surface area contributed by atoms with Crippen molar-refractivity contribution in [2.75, 3.05) is 6.61 Å². The van der Waals surface area contributed by atoms with Crippen molar-refractivity contribution in [3.05, 3.63) is 36.0 Å². The van der Waals surface area contributed by atoms with Crippen molar-refractivity contribution in [3.63, 3.8) is 0 Å². The lowest BCUT2D eigenvalue weighted by atomic mass is 10.2. The first-order chi connectivity index (χ1) is 8.22. The van der Waals surface area contributed by atoms with Crippen LogP contribution < -0.4 is 0 Å². The molecule has 2 rings (SSSR count). The maximum absolute atomic E-state index is 11.5. The Labute approximate surface area is 98.8 Å². The zero-order valence-electron chi connectivity index (χ0n) is 9.55. The van der Waals surface area contributed by atoms with Crippen molar-refractivity contribution in [1.82, 2.24) is 4.57 Å². The molecule has 1 aromatic carbocycles. The third-order valence-corrected chi connectivity index (χ3v) is 2.62. The van der Waals surface area contributed by atoms with Gasteiger partial charge in [0, 0.05) is 11.2 Å². The topological polar surface area (TPSA) is 48.3 Å². The van der Waals surface area contributed by atoms with Gasteiger partial charge in [-0.2, -0.15) is 0 Å². The number of aldehydes is 1. The van der Waals surface area contributed by atoms with E-state index in [0.29, 0.717) is 6.29 Å². The lowest BCUT2D eigenvalue weighted by molar-refractivity contribution is -0.146. The van der Waals surface area contributed by atoms with Gasteiger partial charge in [0.1, 0.15) is 13.2 Å². The number of carbonyl (C=O) groups excluding carboxylic acids is 2. The molecular formula is C13H13NO3. The highest BCUT2D eigenvalue weighted by molar-refractivity contribution is 5.83. The number of rotatable bonds is 4. The van der Waals surface area contributed by atoms with Crippen molar-refractivity contribution in [2.45, 2.75) is 13.5 Å². The lowest BCUT2D eigenvalue weighted by Gasteiger charge is -2.07. The van der Waals surface area contributed by atoms with E-state index in [1.165, 1.54) is 0 Å². The molecular weight excluding hydrogens is 218 g/mol. The van der Waals surface area contributed by atoms with Crippen molar-refractivity contribution >= 4 is 23.2 Å². The van der Waals surface area contributed by atoms with Gasteiger partial charge in [-0.05, 0) is 24.4 Å². The molecule has 0 unspecified atom stereocenters. The molecule has 1 heterocycles.